The van der Waals surface area contributed by atoms with Gasteiger partial charge in [-0.25, -0.2) is 19.0 Å². The summed E-state index contributed by atoms with van der Waals surface area (Å²) < 4.78 is 73.4. The van der Waals surface area contributed by atoms with Gasteiger partial charge in [0, 0.05) is 69.2 Å². The van der Waals surface area contributed by atoms with E-state index in [0.29, 0.717) is 35.1 Å². The fraction of sp³-hybridized carbons (Fsp3) is 0.289. The summed E-state index contributed by atoms with van der Waals surface area (Å²) >= 11 is 0. The second-order valence-corrected chi connectivity index (χ2v) is 12.6. The van der Waals surface area contributed by atoms with Crippen molar-refractivity contribution in [1.29, 1.82) is 0 Å². The van der Waals surface area contributed by atoms with Crippen molar-refractivity contribution < 1.29 is 46.2 Å². The van der Waals surface area contributed by atoms with E-state index in [-0.39, 0.29) is 22.9 Å². The Kier molecular flexibility index (Phi) is 11.5. The normalized spacial score (nSPS) is 15.4. The Bertz CT molecular complexity index is 2230. The van der Waals surface area contributed by atoms with E-state index in [9.17, 15) is 27.6 Å². The van der Waals surface area contributed by atoms with Crippen LogP contribution in [0.2, 0.25) is 0 Å². The number of rotatable bonds is 11. The maximum Gasteiger partial charge on any atom is 0.416 e. The largest absolute Gasteiger partial charge is 0.493 e. The minimum atomic E-state index is -4.72. The number of pyridine rings is 1. The van der Waals surface area contributed by atoms with Gasteiger partial charge in [0.15, 0.2) is 46.4 Å². The lowest BCUT2D eigenvalue weighted by molar-refractivity contribution is -0.137. The molecule has 6 rings (SSSR count). The number of hydrogen-bond acceptors (Lipinski definition) is 12. The first-order chi connectivity index (χ1) is 26.4. The van der Waals surface area contributed by atoms with Crippen LogP contribution in [-0.2, 0) is 20.6 Å². The Labute approximate surface area is 312 Å². The number of hydrazone groups is 1. The van der Waals surface area contributed by atoms with Crippen molar-refractivity contribution in [2.24, 2.45) is 5.10 Å². The molecule has 0 unspecified atom stereocenters. The molecular weight excluding hydrogens is 726 g/mol. The van der Waals surface area contributed by atoms with Gasteiger partial charge in [-0.2, -0.15) is 18.3 Å². The van der Waals surface area contributed by atoms with Crippen LogP contribution in [0.5, 0.6) is 23.0 Å². The standard InChI is InChI=1S/C38H35F4N7O6/c1-46-13-15-48(16-14-46)12-5-17-54-34-21-29-27(20-33(34)53-3)31(10-11-43-29)55-32-9-8-25(19-28(32)39)44-37(52)36-30(22-50)47(2)35(23-51)49(45-36)26-7-4-6-24(18-26)38(40,41)42/h4,6-11,18-21H,5,12-17H2,1-3H3,(H,44,52). The van der Waals surface area contributed by atoms with Crippen LogP contribution < -0.4 is 24.5 Å². The minimum absolute atomic E-state index is 0.0801. The Hall–Kier alpha value is -6.25. The second-order valence-electron chi connectivity index (χ2n) is 12.6. The highest BCUT2D eigenvalue weighted by molar-refractivity contribution is 6.50. The van der Waals surface area contributed by atoms with E-state index in [1.807, 2.05) is 0 Å². The number of ether oxygens (including phenoxy) is 3. The van der Waals surface area contributed by atoms with Crippen LogP contribution in [0.25, 0.3) is 10.9 Å². The number of amides is 1. The average molecular weight is 762 g/mol. The average Bonchev–Trinajstić information content (AvgIpc) is 3.17. The molecule has 2 aliphatic rings. The van der Waals surface area contributed by atoms with Gasteiger partial charge in [0.1, 0.15) is 5.75 Å². The maximum absolute atomic E-state index is 15.5. The number of fused-ring (bicyclic) bond motifs is 1. The maximum atomic E-state index is 15.5. The number of carbonyl (C=O) groups is 1. The summed E-state index contributed by atoms with van der Waals surface area (Å²) in [7, 11) is 4.83. The number of methoxy groups -OCH3 is 1. The monoisotopic (exact) mass is 761 g/mol. The van der Waals surface area contributed by atoms with Gasteiger partial charge in [0.05, 0.1) is 30.5 Å². The van der Waals surface area contributed by atoms with E-state index in [4.69, 9.17) is 14.2 Å². The van der Waals surface area contributed by atoms with Gasteiger partial charge in [-0.3, -0.25) is 9.78 Å². The van der Waals surface area contributed by atoms with Crippen LogP contribution in [0.1, 0.15) is 12.0 Å². The molecule has 0 bridgehead atoms. The van der Waals surface area contributed by atoms with E-state index in [1.165, 1.54) is 50.4 Å². The number of carbonyl (C=O) groups excluding carboxylic acids is 3. The zero-order valence-electron chi connectivity index (χ0n) is 29.9. The van der Waals surface area contributed by atoms with Crippen molar-refractivity contribution in [3.05, 3.63) is 89.8 Å². The van der Waals surface area contributed by atoms with Gasteiger partial charge in [0.25, 0.3) is 5.91 Å². The summed E-state index contributed by atoms with van der Waals surface area (Å²) in [6.07, 6.45) is -2.39. The number of aromatic nitrogens is 1. The molecule has 0 spiro atoms. The van der Waals surface area contributed by atoms with Gasteiger partial charge in [0.2, 0.25) is 5.82 Å². The summed E-state index contributed by atoms with van der Waals surface area (Å²) in [5, 5.41) is 7.65. The number of benzene rings is 3. The molecule has 1 N–H and O–H groups in total. The number of alkyl halides is 3. The summed E-state index contributed by atoms with van der Waals surface area (Å²) in [4.78, 5) is 47.2. The fourth-order valence-corrected chi connectivity index (χ4v) is 5.98. The predicted octanol–water partition coefficient (Wildman–Crippen LogP) is 5.34. The molecule has 13 nitrogen and oxygen atoms in total. The molecule has 1 amide bonds. The van der Waals surface area contributed by atoms with Gasteiger partial charge in [-0.15, -0.1) is 0 Å². The zero-order valence-corrected chi connectivity index (χ0v) is 29.9. The smallest absolute Gasteiger partial charge is 0.416 e. The summed E-state index contributed by atoms with van der Waals surface area (Å²) in [5.74, 6) is 1.63. The first-order valence-electron chi connectivity index (χ1n) is 17.0. The van der Waals surface area contributed by atoms with Crippen molar-refractivity contribution >= 4 is 45.8 Å². The van der Waals surface area contributed by atoms with Crippen molar-refractivity contribution in [3.8, 4) is 23.0 Å². The van der Waals surface area contributed by atoms with Crippen molar-refractivity contribution in [1.82, 2.24) is 19.7 Å². The quantitative estimate of drug-likeness (QED) is 0.121. The van der Waals surface area contributed by atoms with Crippen LogP contribution in [0.3, 0.4) is 0 Å². The molecule has 0 aliphatic carbocycles. The summed E-state index contributed by atoms with van der Waals surface area (Å²) in [6.45, 7) is 5.50. The molecule has 286 valence electrons. The first kappa shape index (κ1) is 38.5. The van der Waals surface area contributed by atoms with E-state index in [2.05, 4.69) is 32.2 Å². The summed E-state index contributed by atoms with van der Waals surface area (Å²) in [6, 6.07) is 12.3. The number of likely N-dealkylation sites (N-methyl/N-ethyl adjacent to an activating group) is 1. The molecule has 3 heterocycles. The van der Waals surface area contributed by atoms with Crippen molar-refractivity contribution in [3.63, 3.8) is 0 Å². The van der Waals surface area contributed by atoms with Gasteiger partial charge in [-0.1, -0.05) is 6.07 Å². The molecule has 55 heavy (non-hydrogen) atoms. The number of anilines is 2. The number of nitrogens with zero attached hydrogens (tertiary/aromatic N) is 6. The Morgan fingerprint density at radius 1 is 0.927 bits per heavy atom. The molecule has 0 radical (unpaired) electrons. The van der Waals surface area contributed by atoms with Gasteiger partial charge >= 0.3 is 6.18 Å². The van der Waals surface area contributed by atoms with E-state index in [0.717, 1.165) is 67.3 Å². The molecule has 0 saturated carbocycles. The highest BCUT2D eigenvalue weighted by atomic mass is 19.4. The predicted molar refractivity (Wildman–Crippen MR) is 195 cm³/mol. The highest BCUT2D eigenvalue weighted by Gasteiger charge is 2.36. The lowest BCUT2D eigenvalue weighted by Crippen LogP contribution is -2.44. The lowest BCUT2D eigenvalue weighted by Gasteiger charge is -2.32. The van der Waals surface area contributed by atoms with Crippen LogP contribution in [0.15, 0.2) is 83.5 Å². The molecule has 0 atom stereocenters. The Morgan fingerprint density at radius 3 is 2.40 bits per heavy atom. The third-order valence-electron chi connectivity index (χ3n) is 8.97. The first-order valence-corrected chi connectivity index (χ1v) is 17.0. The number of halogens is 4. The van der Waals surface area contributed by atoms with Crippen LogP contribution in [-0.4, -0.2) is 104 Å². The van der Waals surface area contributed by atoms with E-state index >= 15 is 4.39 Å². The minimum Gasteiger partial charge on any atom is -0.493 e. The van der Waals surface area contributed by atoms with Crippen LogP contribution in [0.4, 0.5) is 28.9 Å². The molecule has 3 aromatic carbocycles. The van der Waals surface area contributed by atoms with Gasteiger partial charge < -0.3 is 34.2 Å². The molecular formula is C38H35F4N7O6. The molecule has 1 saturated heterocycles. The van der Waals surface area contributed by atoms with Crippen LogP contribution >= 0.6 is 0 Å². The molecule has 2 aliphatic heterocycles. The molecule has 1 aromatic heterocycles. The SMILES string of the molecule is COc1cc2c(Oc3ccc(NC(=O)C4=NN(c5cccc(C(F)(F)F)c5)C(=C=O)N(C)C4=C=O)cc3F)ccnc2cc1OCCCN1CCN(C)CC1. The third-order valence-corrected chi connectivity index (χ3v) is 8.97. The highest BCUT2D eigenvalue weighted by Crippen LogP contribution is 2.38. The topological polar surface area (TPSA) is 129 Å². The van der Waals surface area contributed by atoms with Crippen molar-refractivity contribution in [2.75, 3.05) is 70.9 Å². The number of nitrogens with one attached hydrogen (secondary N) is 1. The molecule has 1 fully saturated rings. The summed E-state index contributed by atoms with van der Waals surface area (Å²) in [5.41, 5.74) is -1.99. The Morgan fingerprint density at radius 2 is 1.71 bits per heavy atom. The fourth-order valence-electron chi connectivity index (χ4n) is 5.98. The third kappa shape index (κ3) is 8.61. The van der Waals surface area contributed by atoms with E-state index in [1.54, 1.807) is 18.2 Å². The second kappa shape index (κ2) is 16.4. The zero-order chi connectivity index (χ0) is 39.3. The Balaban J connectivity index is 1.18. The molecule has 4 aromatic rings. The number of hydrogen-bond donors (Lipinski definition) is 1. The van der Waals surface area contributed by atoms with Crippen LogP contribution in [0, 0.1) is 5.82 Å². The van der Waals surface area contributed by atoms with Crippen molar-refractivity contribution in [2.45, 2.75) is 12.6 Å². The molecule has 17 heteroatoms. The van der Waals surface area contributed by atoms with Gasteiger partial charge in [-0.05, 0) is 55.9 Å². The van der Waals surface area contributed by atoms with E-state index < -0.39 is 40.7 Å². The number of piperazine rings is 1. The lowest BCUT2D eigenvalue weighted by atomic mass is 10.1.